The summed E-state index contributed by atoms with van der Waals surface area (Å²) in [5, 5.41) is 11.1. The van der Waals surface area contributed by atoms with E-state index in [1.165, 1.54) is 0 Å². The van der Waals surface area contributed by atoms with E-state index >= 15 is 0 Å². The average Bonchev–Trinajstić information content (AvgIpc) is 2.77. The summed E-state index contributed by atoms with van der Waals surface area (Å²) in [6.07, 6.45) is 1.03. The fourth-order valence-electron chi connectivity index (χ4n) is 2.18. The Labute approximate surface area is 179 Å². The first-order valence-corrected chi connectivity index (χ1v) is 7.27. The van der Waals surface area contributed by atoms with Crippen LogP contribution in [0.3, 0.4) is 0 Å². The maximum absolute atomic E-state index is 12.0. The van der Waals surface area contributed by atoms with Crippen LogP contribution >= 0.6 is 11.3 Å². The van der Waals surface area contributed by atoms with E-state index in [2.05, 4.69) is 10.3 Å². The second kappa shape index (κ2) is 7.45. The molecule has 2 rings (SSSR count). The number of amides is 3. The zero-order chi connectivity index (χ0) is 16.7. The van der Waals surface area contributed by atoms with Crippen LogP contribution in [-0.4, -0.2) is 94.6 Å². The molecule has 122 valence electrons. The standard InChI is InChI=1S/C13H15N3O5S.Ba.2H/c1-13(2)4-6-8(7(17)5-13)22-11(14-6)15-12(21)16(3)9(18)10(19)20;;;/h4-5H2,1-3H3,(H,19,20)(H,14,15,21);;;/q;+2;2*-1. The zero-order valence-electron chi connectivity index (χ0n) is 15.0. The molecule has 1 aromatic heterocycles. The van der Waals surface area contributed by atoms with Crippen molar-refractivity contribution in [2.75, 3.05) is 12.4 Å². The van der Waals surface area contributed by atoms with Gasteiger partial charge in [-0.25, -0.2) is 14.6 Å². The third-order valence-corrected chi connectivity index (χ3v) is 4.30. The Balaban J connectivity index is 0. The molecule has 0 atom stereocenters. The largest absolute Gasteiger partial charge is 2.00 e. The fourth-order valence-corrected chi connectivity index (χ4v) is 3.09. The number of carboxylic acid groups (broad SMARTS) is 1. The van der Waals surface area contributed by atoms with E-state index in [0.717, 1.165) is 18.4 Å². The van der Waals surface area contributed by atoms with E-state index in [0.29, 0.717) is 28.3 Å². The Morgan fingerprint density at radius 3 is 2.52 bits per heavy atom. The van der Waals surface area contributed by atoms with Crippen LogP contribution < -0.4 is 5.32 Å². The number of thiazole rings is 1. The van der Waals surface area contributed by atoms with E-state index in [4.69, 9.17) is 5.11 Å². The van der Waals surface area contributed by atoms with Crippen LogP contribution in [0.5, 0.6) is 0 Å². The van der Waals surface area contributed by atoms with Crippen molar-refractivity contribution in [2.45, 2.75) is 26.7 Å². The van der Waals surface area contributed by atoms with Gasteiger partial charge in [-0.2, -0.15) is 0 Å². The van der Waals surface area contributed by atoms with Crippen LogP contribution in [0.2, 0.25) is 0 Å². The number of aromatic nitrogens is 1. The molecular formula is C13H17BaN3O5S. The Morgan fingerprint density at radius 2 is 1.96 bits per heavy atom. The van der Waals surface area contributed by atoms with Gasteiger partial charge >= 0.3 is 66.8 Å². The number of urea groups is 1. The molecule has 1 aliphatic carbocycles. The Morgan fingerprint density at radius 1 is 1.35 bits per heavy atom. The summed E-state index contributed by atoms with van der Waals surface area (Å²) in [6, 6.07) is -0.912. The van der Waals surface area contributed by atoms with Crippen molar-refractivity contribution in [1.82, 2.24) is 9.88 Å². The van der Waals surface area contributed by atoms with Gasteiger partial charge in [-0.05, 0) is 11.8 Å². The number of hydrogen-bond acceptors (Lipinski definition) is 6. The van der Waals surface area contributed by atoms with Crippen LogP contribution in [0.1, 0.15) is 38.5 Å². The van der Waals surface area contributed by atoms with Gasteiger partial charge in [0, 0.05) is 13.5 Å². The normalized spacial score (nSPS) is 15.2. The molecule has 3 amide bonds. The molecule has 1 aliphatic rings. The number of hydrogen-bond donors (Lipinski definition) is 2. The first-order chi connectivity index (χ1) is 10.1. The van der Waals surface area contributed by atoms with E-state index in [1.54, 1.807) is 0 Å². The maximum Gasteiger partial charge on any atom is 2.00 e. The SMILES string of the molecule is CN(C(=O)Nc1nc2c(s1)C(=O)CC(C)(C)C2)C(=O)C(=O)O.[Ba+2].[H-].[H-]. The number of carbonyl (C=O) groups is 4. The molecule has 0 saturated heterocycles. The summed E-state index contributed by atoms with van der Waals surface area (Å²) in [5.74, 6) is -3.11. The van der Waals surface area contributed by atoms with Gasteiger partial charge in [-0.15, -0.1) is 0 Å². The summed E-state index contributed by atoms with van der Waals surface area (Å²) in [7, 11) is 1.05. The number of rotatable bonds is 1. The molecule has 0 aromatic carbocycles. The maximum atomic E-state index is 12.0. The zero-order valence-corrected chi connectivity index (χ0v) is 18.3. The monoisotopic (exact) mass is 465 g/mol. The van der Waals surface area contributed by atoms with Crippen LogP contribution in [0.4, 0.5) is 9.93 Å². The van der Waals surface area contributed by atoms with Crippen molar-refractivity contribution < 1.29 is 27.1 Å². The van der Waals surface area contributed by atoms with E-state index in [-0.39, 0.29) is 68.1 Å². The van der Waals surface area contributed by atoms with Crippen LogP contribution in [0.25, 0.3) is 0 Å². The quantitative estimate of drug-likeness (QED) is 0.477. The van der Waals surface area contributed by atoms with Crippen molar-refractivity contribution in [1.29, 1.82) is 0 Å². The molecule has 1 aromatic rings. The van der Waals surface area contributed by atoms with Gasteiger partial charge in [-0.1, -0.05) is 25.2 Å². The van der Waals surface area contributed by atoms with Crippen molar-refractivity contribution in [3.05, 3.63) is 10.6 Å². The third-order valence-electron chi connectivity index (χ3n) is 3.24. The van der Waals surface area contributed by atoms with Gasteiger partial charge in [0.05, 0.1) is 10.6 Å². The number of nitrogens with zero attached hydrogens (tertiary/aromatic N) is 2. The second-order valence-corrected chi connectivity index (χ2v) is 6.83. The number of aliphatic carboxylic acids is 1. The number of Topliss-reactive ketones (excluding diaryl/α,β-unsaturated/α-hetero) is 1. The summed E-state index contributed by atoms with van der Waals surface area (Å²) in [5.41, 5.74) is 0.434. The third kappa shape index (κ3) is 4.64. The topological polar surface area (TPSA) is 117 Å². The van der Waals surface area contributed by atoms with Gasteiger partial charge in [0.15, 0.2) is 10.9 Å². The van der Waals surface area contributed by atoms with Crippen LogP contribution in [-0.2, 0) is 16.0 Å². The van der Waals surface area contributed by atoms with Gasteiger partial charge in [-0.3, -0.25) is 19.8 Å². The minimum absolute atomic E-state index is 0. The van der Waals surface area contributed by atoms with Gasteiger partial charge in [0.2, 0.25) is 0 Å². The van der Waals surface area contributed by atoms with Crippen LogP contribution in [0, 0.1) is 5.41 Å². The number of likely N-dealkylation sites (N-methyl/N-ethyl adjacent to an activating group) is 1. The smallest absolute Gasteiger partial charge is 1.00 e. The molecule has 10 heteroatoms. The number of carboxylic acids is 1. The Kier molecular flexibility index (Phi) is 6.58. The number of carbonyl (C=O) groups excluding carboxylic acids is 3. The summed E-state index contributed by atoms with van der Waals surface area (Å²) in [4.78, 5) is 50.7. The molecular weight excluding hydrogens is 448 g/mol. The Bertz CT molecular complexity index is 695. The molecule has 1 heterocycles. The fraction of sp³-hybridized carbons (Fsp3) is 0.462. The van der Waals surface area contributed by atoms with E-state index < -0.39 is 17.9 Å². The summed E-state index contributed by atoms with van der Waals surface area (Å²) < 4.78 is 0. The molecule has 0 spiro atoms. The average molecular weight is 465 g/mol. The van der Waals surface area contributed by atoms with Gasteiger partial charge < -0.3 is 7.96 Å². The number of anilines is 1. The first-order valence-electron chi connectivity index (χ1n) is 6.45. The molecule has 8 nitrogen and oxygen atoms in total. The number of nitrogens with one attached hydrogen (secondary N) is 1. The predicted octanol–water partition coefficient (Wildman–Crippen LogP) is 1.22. The van der Waals surface area contributed by atoms with Crippen molar-refractivity contribution >= 4 is 89.0 Å². The van der Waals surface area contributed by atoms with Crippen molar-refractivity contribution in [3.8, 4) is 0 Å². The Hall–Kier alpha value is -0.719. The molecule has 0 bridgehead atoms. The molecule has 0 unspecified atom stereocenters. The number of ketones is 1. The van der Waals surface area contributed by atoms with E-state index in [1.807, 2.05) is 13.8 Å². The minimum Gasteiger partial charge on any atom is -1.00 e. The van der Waals surface area contributed by atoms with Crippen molar-refractivity contribution in [3.63, 3.8) is 0 Å². The van der Waals surface area contributed by atoms with Gasteiger partial charge in [0.25, 0.3) is 0 Å². The molecule has 2 N–H and O–H groups in total. The summed E-state index contributed by atoms with van der Waals surface area (Å²) in [6.45, 7) is 3.93. The molecule has 0 radical (unpaired) electrons. The minimum atomic E-state index is -1.73. The number of imide groups is 1. The van der Waals surface area contributed by atoms with Crippen LogP contribution in [0.15, 0.2) is 0 Å². The molecule has 0 aliphatic heterocycles. The first kappa shape index (κ1) is 20.3. The molecule has 0 fully saturated rings. The number of fused-ring (bicyclic) bond motifs is 1. The van der Waals surface area contributed by atoms with E-state index in [9.17, 15) is 19.2 Å². The molecule has 23 heavy (non-hydrogen) atoms. The second-order valence-electron chi connectivity index (χ2n) is 5.84. The predicted molar refractivity (Wildman–Crippen MR) is 85.9 cm³/mol. The summed E-state index contributed by atoms with van der Waals surface area (Å²) >= 11 is 1.03. The molecule has 0 saturated carbocycles. The van der Waals surface area contributed by atoms with Gasteiger partial charge in [0.1, 0.15) is 0 Å². The van der Waals surface area contributed by atoms with Crippen molar-refractivity contribution in [2.24, 2.45) is 5.41 Å².